The second-order valence-electron chi connectivity index (χ2n) is 12.7. The largest absolute Gasteiger partial charge is 0.462 e. The van der Waals surface area contributed by atoms with E-state index in [0.29, 0.717) is 29.1 Å². The predicted octanol–water partition coefficient (Wildman–Crippen LogP) is 9.32. The number of carbonyl (C=O) groups excluding carboxylic acids is 3. The molecule has 4 aromatic rings. The molecule has 1 N–H and O–H groups in total. The third-order valence-corrected chi connectivity index (χ3v) is 8.71. The van der Waals surface area contributed by atoms with Gasteiger partial charge in [0.2, 0.25) is 0 Å². The second kappa shape index (κ2) is 12.9. The highest BCUT2D eigenvalue weighted by Crippen LogP contribution is 2.44. The molecule has 2 heterocycles. The first-order chi connectivity index (χ1) is 20.3. The van der Waals surface area contributed by atoms with Crippen molar-refractivity contribution in [2.75, 3.05) is 11.9 Å². The van der Waals surface area contributed by atoms with E-state index >= 15 is 0 Å². The lowest BCUT2D eigenvalue weighted by molar-refractivity contribution is -0.117. The fourth-order valence-electron chi connectivity index (χ4n) is 5.92. The predicted molar refractivity (Wildman–Crippen MR) is 178 cm³/mol. The van der Waals surface area contributed by atoms with Gasteiger partial charge in [-0.2, -0.15) is 0 Å². The molecule has 0 fully saturated rings. The van der Waals surface area contributed by atoms with Gasteiger partial charge in [-0.25, -0.2) is 4.79 Å². The Morgan fingerprint density at radius 3 is 2.12 bits per heavy atom. The topological polar surface area (TPSA) is 77.4 Å². The highest BCUT2D eigenvalue weighted by molar-refractivity contribution is 7.23. The average molecular weight is 601 g/mol. The molecule has 0 aliphatic heterocycles. The normalized spacial score (nSPS) is 11.9. The maximum absolute atomic E-state index is 14.6. The van der Waals surface area contributed by atoms with Crippen molar-refractivity contribution >= 4 is 44.1 Å². The first-order valence-electron chi connectivity index (χ1n) is 15.1. The zero-order valence-corrected chi connectivity index (χ0v) is 27.7. The standard InChI is InChI=1S/C36H44N2O4S/c1-10-42-35(41)30-28-25(36(7,8)9)17-14-18-26(28)43-34(30)37-33(40)29-27(24-15-12-11-13-16-24)31(21(2)3)38(20-19-23(6)39)32(29)22(4)5/h11-18,21-22H,10,19-20H2,1-9H3,(H,37,40). The van der Waals surface area contributed by atoms with Crippen LogP contribution in [0, 0.1) is 0 Å². The minimum absolute atomic E-state index is 0.00194. The number of benzene rings is 2. The molecule has 0 saturated carbocycles. The van der Waals surface area contributed by atoms with Crippen molar-refractivity contribution in [1.82, 2.24) is 4.57 Å². The molecule has 0 radical (unpaired) electrons. The van der Waals surface area contributed by atoms with Gasteiger partial charge in [0.15, 0.2) is 0 Å². The maximum Gasteiger partial charge on any atom is 0.341 e. The van der Waals surface area contributed by atoms with Crippen LogP contribution in [0.3, 0.4) is 0 Å². The number of thiophene rings is 1. The highest BCUT2D eigenvalue weighted by atomic mass is 32.1. The van der Waals surface area contributed by atoms with E-state index in [2.05, 4.69) is 58.4 Å². The number of nitrogens with one attached hydrogen (secondary N) is 1. The Hall–Kier alpha value is -3.71. The van der Waals surface area contributed by atoms with Gasteiger partial charge in [0.1, 0.15) is 16.3 Å². The van der Waals surface area contributed by atoms with Crippen LogP contribution in [0.5, 0.6) is 0 Å². The number of Topliss-reactive ketones (excluding diaryl/α,β-unsaturated/α-hetero) is 1. The minimum atomic E-state index is -0.449. The Morgan fingerprint density at radius 1 is 0.907 bits per heavy atom. The number of anilines is 1. The lowest BCUT2D eigenvalue weighted by atomic mass is 9.84. The van der Waals surface area contributed by atoms with Crippen LogP contribution in [0.15, 0.2) is 48.5 Å². The van der Waals surface area contributed by atoms with Crippen molar-refractivity contribution < 1.29 is 19.1 Å². The smallest absolute Gasteiger partial charge is 0.341 e. The number of hydrogen-bond donors (Lipinski definition) is 1. The van der Waals surface area contributed by atoms with Crippen LogP contribution >= 0.6 is 11.3 Å². The number of rotatable bonds is 10. The lowest BCUT2D eigenvalue weighted by Gasteiger charge is -2.21. The SMILES string of the molecule is CCOC(=O)c1c(NC(=O)c2c(-c3ccccc3)c(C(C)C)n(CCC(C)=O)c2C(C)C)sc2cccc(C(C)(C)C)c12. The number of carbonyl (C=O) groups is 3. The van der Waals surface area contributed by atoms with Crippen LogP contribution in [0.4, 0.5) is 5.00 Å². The van der Waals surface area contributed by atoms with Crippen molar-refractivity contribution in [3.05, 3.63) is 76.6 Å². The van der Waals surface area contributed by atoms with Crippen molar-refractivity contribution in [1.29, 1.82) is 0 Å². The summed E-state index contributed by atoms with van der Waals surface area (Å²) in [6, 6.07) is 16.0. The summed E-state index contributed by atoms with van der Waals surface area (Å²) >= 11 is 1.39. The van der Waals surface area contributed by atoms with Crippen molar-refractivity contribution in [3.63, 3.8) is 0 Å². The average Bonchev–Trinajstić information content (AvgIpc) is 3.47. The number of fused-ring (bicyclic) bond motifs is 1. The van der Waals surface area contributed by atoms with E-state index in [1.807, 2.05) is 48.5 Å². The molecular weight excluding hydrogens is 556 g/mol. The zero-order chi connectivity index (χ0) is 31.6. The van der Waals surface area contributed by atoms with Gasteiger partial charge in [-0.1, -0.05) is 90.9 Å². The van der Waals surface area contributed by atoms with Gasteiger partial charge in [-0.3, -0.25) is 9.59 Å². The highest BCUT2D eigenvalue weighted by Gasteiger charge is 2.33. The second-order valence-corrected chi connectivity index (χ2v) is 13.8. The van der Waals surface area contributed by atoms with Crippen LogP contribution in [0.2, 0.25) is 0 Å². The fourth-order valence-corrected chi connectivity index (χ4v) is 7.03. The summed E-state index contributed by atoms with van der Waals surface area (Å²) in [5, 5.41) is 4.48. The zero-order valence-electron chi connectivity index (χ0n) is 26.9. The van der Waals surface area contributed by atoms with E-state index in [1.165, 1.54) is 11.3 Å². The van der Waals surface area contributed by atoms with Crippen molar-refractivity contribution in [2.45, 2.75) is 92.5 Å². The van der Waals surface area contributed by atoms with Crippen molar-refractivity contribution in [2.24, 2.45) is 0 Å². The van der Waals surface area contributed by atoms with Gasteiger partial charge in [0, 0.05) is 40.0 Å². The van der Waals surface area contributed by atoms with Crippen LogP contribution in [-0.4, -0.2) is 28.8 Å². The Bertz CT molecular complexity index is 1650. The van der Waals surface area contributed by atoms with Gasteiger partial charge >= 0.3 is 5.97 Å². The minimum Gasteiger partial charge on any atom is -0.462 e. The summed E-state index contributed by atoms with van der Waals surface area (Å²) in [5.41, 5.74) is 5.49. The number of ketones is 1. The van der Waals surface area contributed by atoms with E-state index in [0.717, 1.165) is 38.2 Å². The number of ether oxygens (including phenoxy) is 1. The quantitative estimate of drug-likeness (QED) is 0.184. The third kappa shape index (κ3) is 6.47. The summed E-state index contributed by atoms with van der Waals surface area (Å²) in [5.74, 6) is -0.531. The molecule has 4 rings (SSSR count). The molecule has 43 heavy (non-hydrogen) atoms. The molecule has 2 aromatic carbocycles. The molecule has 0 unspecified atom stereocenters. The molecule has 228 valence electrons. The summed E-state index contributed by atoms with van der Waals surface area (Å²) < 4.78 is 8.63. The van der Waals surface area contributed by atoms with Crippen LogP contribution in [-0.2, 0) is 21.5 Å². The first-order valence-corrected chi connectivity index (χ1v) is 15.9. The number of hydrogen-bond acceptors (Lipinski definition) is 5. The summed E-state index contributed by atoms with van der Waals surface area (Å²) in [7, 11) is 0. The molecule has 7 heteroatoms. The molecule has 0 aliphatic carbocycles. The molecule has 2 aromatic heterocycles. The summed E-state index contributed by atoms with van der Waals surface area (Å²) in [6.45, 7) is 18.9. The van der Waals surface area contributed by atoms with E-state index in [1.54, 1.807) is 13.8 Å². The number of amides is 1. The van der Waals surface area contributed by atoms with Crippen LogP contribution < -0.4 is 5.32 Å². The molecular formula is C36H44N2O4S. The van der Waals surface area contributed by atoms with Gasteiger partial charge < -0.3 is 14.6 Å². The lowest BCUT2D eigenvalue weighted by Crippen LogP contribution is -2.18. The van der Waals surface area contributed by atoms with Crippen molar-refractivity contribution in [3.8, 4) is 11.1 Å². The van der Waals surface area contributed by atoms with E-state index < -0.39 is 5.97 Å². The first kappa shape index (κ1) is 32.2. The Morgan fingerprint density at radius 2 is 1.56 bits per heavy atom. The van der Waals surface area contributed by atoms with Gasteiger partial charge in [0.25, 0.3) is 5.91 Å². The molecule has 0 bridgehead atoms. The Kier molecular flexibility index (Phi) is 9.65. The summed E-state index contributed by atoms with van der Waals surface area (Å²) in [4.78, 5) is 40.2. The van der Waals surface area contributed by atoms with Crippen LogP contribution in [0.1, 0.15) is 118 Å². The molecule has 1 amide bonds. The van der Waals surface area contributed by atoms with E-state index in [9.17, 15) is 14.4 Å². The Labute approximate surface area is 259 Å². The fraction of sp³-hybridized carbons (Fsp3) is 0.417. The molecule has 0 saturated heterocycles. The Balaban J connectivity index is 2.00. The van der Waals surface area contributed by atoms with Crippen LogP contribution in [0.25, 0.3) is 21.2 Å². The summed E-state index contributed by atoms with van der Waals surface area (Å²) in [6.07, 6.45) is 0.377. The van der Waals surface area contributed by atoms with Gasteiger partial charge in [-0.15, -0.1) is 11.3 Å². The number of aromatic nitrogens is 1. The number of nitrogens with zero attached hydrogens (tertiary/aromatic N) is 1. The van der Waals surface area contributed by atoms with E-state index in [-0.39, 0.29) is 35.5 Å². The van der Waals surface area contributed by atoms with Gasteiger partial charge in [0.05, 0.1) is 12.2 Å². The molecule has 0 aliphatic rings. The molecule has 0 atom stereocenters. The van der Waals surface area contributed by atoms with E-state index in [4.69, 9.17) is 4.74 Å². The third-order valence-electron chi connectivity index (χ3n) is 7.64. The van der Waals surface area contributed by atoms with Gasteiger partial charge in [-0.05, 0) is 48.3 Å². The molecule has 6 nitrogen and oxygen atoms in total. The molecule has 0 spiro atoms. The monoisotopic (exact) mass is 600 g/mol. The number of esters is 1. The maximum atomic E-state index is 14.6.